The van der Waals surface area contributed by atoms with Crippen LogP contribution in [-0.4, -0.2) is 16.5 Å². The van der Waals surface area contributed by atoms with E-state index < -0.39 is 4.92 Å². The number of benzene rings is 1. The zero-order valence-electron chi connectivity index (χ0n) is 10.5. The van der Waals surface area contributed by atoms with Gasteiger partial charge < -0.3 is 4.74 Å². The minimum atomic E-state index is -0.438. The minimum Gasteiger partial charge on any atom is -0.487 e. The maximum Gasteiger partial charge on any atom is 0.310 e. The molecular formula is C12H12N2O3S2. The van der Waals surface area contributed by atoms with Crippen molar-refractivity contribution in [3.63, 3.8) is 0 Å². The van der Waals surface area contributed by atoms with Crippen LogP contribution in [0.4, 0.5) is 5.69 Å². The highest BCUT2D eigenvalue weighted by Gasteiger charge is 2.16. The monoisotopic (exact) mass is 296 g/mol. The highest BCUT2D eigenvalue weighted by atomic mass is 32.2. The summed E-state index contributed by atoms with van der Waals surface area (Å²) in [4.78, 5) is 15.7. The molecule has 2 aromatic rings. The van der Waals surface area contributed by atoms with E-state index in [9.17, 15) is 10.1 Å². The molecule has 0 amide bonds. The molecule has 100 valence electrons. The Morgan fingerprint density at radius 2 is 2.32 bits per heavy atom. The first-order valence-corrected chi connectivity index (χ1v) is 7.31. The second-order valence-corrected chi connectivity index (χ2v) is 5.86. The van der Waals surface area contributed by atoms with Gasteiger partial charge in [0.2, 0.25) is 0 Å². The molecule has 0 unspecified atom stereocenters. The van der Waals surface area contributed by atoms with E-state index in [2.05, 4.69) is 4.98 Å². The Labute approximate surface area is 118 Å². The number of ether oxygens (including phenoxy) is 1. The zero-order valence-corrected chi connectivity index (χ0v) is 12.1. The van der Waals surface area contributed by atoms with Gasteiger partial charge in [0.25, 0.3) is 0 Å². The van der Waals surface area contributed by atoms with Crippen LogP contribution in [0.1, 0.15) is 12.6 Å². The molecule has 0 N–H and O–H groups in total. The van der Waals surface area contributed by atoms with Gasteiger partial charge in [-0.1, -0.05) is 11.8 Å². The molecule has 19 heavy (non-hydrogen) atoms. The number of hydrogen-bond donors (Lipinski definition) is 0. The van der Waals surface area contributed by atoms with E-state index in [0.717, 1.165) is 14.9 Å². The molecule has 5 nitrogen and oxygen atoms in total. The quantitative estimate of drug-likeness (QED) is 0.618. The van der Waals surface area contributed by atoms with Crippen molar-refractivity contribution >= 4 is 28.8 Å². The normalized spacial score (nSPS) is 10.4. The Bertz CT molecular complexity index is 598. The maximum atomic E-state index is 10.9. The maximum absolute atomic E-state index is 10.9. The van der Waals surface area contributed by atoms with Gasteiger partial charge in [0.05, 0.1) is 11.5 Å². The second kappa shape index (κ2) is 6.03. The Balaban J connectivity index is 2.27. The highest BCUT2D eigenvalue weighted by molar-refractivity contribution is 8.01. The summed E-state index contributed by atoms with van der Waals surface area (Å²) >= 11 is 3.02. The van der Waals surface area contributed by atoms with Crippen LogP contribution >= 0.6 is 23.1 Å². The molecule has 0 spiro atoms. The fraction of sp³-hybridized carbons (Fsp3) is 0.250. The van der Waals surface area contributed by atoms with Crippen molar-refractivity contribution in [2.24, 2.45) is 0 Å². The fourth-order valence-corrected chi connectivity index (χ4v) is 3.30. The Morgan fingerprint density at radius 1 is 1.53 bits per heavy atom. The molecule has 0 atom stereocenters. The summed E-state index contributed by atoms with van der Waals surface area (Å²) in [5.41, 5.74) is 0.959. The van der Waals surface area contributed by atoms with E-state index in [1.807, 2.05) is 12.3 Å². The smallest absolute Gasteiger partial charge is 0.310 e. The van der Waals surface area contributed by atoms with E-state index in [0.29, 0.717) is 12.4 Å². The van der Waals surface area contributed by atoms with E-state index in [4.69, 9.17) is 4.74 Å². The van der Waals surface area contributed by atoms with Gasteiger partial charge in [-0.3, -0.25) is 10.1 Å². The summed E-state index contributed by atoms with van der Waals surface area (Å²) in [6, 6.07) is 4.86. The van der Waals surface area contributed by atoms with Crippen LogP contribution in [0.3, 0.4) is 0 Å². The van der Waals surface area contributed by atoms with Gasteiger partial charge in [-0.15, -0.1) is 11.3 Å². The van der Waals surface area contributed by atoms with Crippen molar-refractivity contribution in [1.82, 2.24) is 4.98 Å². The third-order valence-electron chi connectivity index (χ3n) is 2.23. The summed E-state index contributed by atoms with van der Waals surface area (Å²) in [5, 5.41) is 12.8. The molecule has 1 aromatic carbocycles. The lowest BCUT2D eigenvalue weighted by Gasteiger charge is -2.05. The Hall–Kier alpha value is -1.60. The number of thiazole rings is 1. The van der Waals surface area contributed by atoms with Crippen LogP contribution < -0.4 is 4.74 Å². The van der Waals surface area contributed by atoms with Crippen LogP contribution in [-0.2, 0) is 0 Å². The van der Waals surface area contributed by atoms with Gasteiger partial charge in [-0.2, -0.15) is 0 Å². The van der Waals surface area contributed by atoms with Crippen LogP contribution in [0.25, 0.3) is 0 Å². The van der Waals surface area contributed by atoms with Crippen LogP contribution in [0.15, 0.2) is 32.8 Å². The van der Waals surface area contributed by atoms with Gasteiger partial charge in [-0.25, -0.2) is 4.98 Å². The number of rotatable bonds is 5. The van der Waals surface area contributed by atoms with Gasteiger partial charge in [0.15, 0.2) is 10.1 Å². The van der Waals surface area contributed by atoms with Crippen molar-refractivity contribution in [3.05, 3.63) is 39.4 Å². The standard InChI is InChI=1S/C12H12N2O3S2/c1-3-17-11-6-9(4-5-10(11)14(15)16)19-12-13-8(2)7-18-12/h4-7H,3H2,1-2H3. The first kappa shape index (κ1) is 13.8. The zero-order chi connectivity index (χ0) is 13.8. The third-order valence-corrected chi connectivity index (χ3v) is 4.28. The van der Waals surface area contributed by atoms with Gasteiger partial charge in [0, 0.05) is 28.1 Å². The summed E-state index contributed by atoms with van der Waals surface area (Å²) < 4.78 is 6.22. The molecule has 1 heterocycles. The van der Waals surface area contributed by atoms with E-state index >= 15 is 0 Å². The summed E-state index contributed by atoms with van der Waals surface area (Å²) in [5.74, 6) is 0.297. The topological polar surface area (TPSA) is 65.3 Å². The molecule has 7 heteroatoms. The van der Waals surface area contributed by atoms with Gasteiger partial charge in [-0.05, 0) is 19.9 Å². The number of nitrogens with zero attached hydrogens (tertiary/aromatic N) is 2. The molecule has 0 aliphatic heterocycles. The SMILES string of the molecule is CCOc1cc(Sc2nc(C)cs2)ccc1[N+](=O)[O-]. The number of nitro groups is 1. The lowest BCUT2D eigenvalue weighted by Crippen LogP contribution is -1.97. The minimum absolute atomic E-state index is 0.0125. The van der Waals surface area contributed by atoms with Crippen molar-refractivity contribution in [2.75, 3.05) is 6.61 Å². The molecule has 0 bridgehead atoms. The van der Waals surface area contributed by atoms with Crippen molar-refractivity contribution in [1.29, 1.82) is 0 Å². The van der Waals surface area contributed by atoms with Gasteiger partial charge in [0.1, 0.15) is 0 Å². The van der Waals surface area contributed by atoms with Crippen molar-refractivity contribution in [2.45, 2.75) is 23.1 Å². The number of aryl methyl sites for hydroxylation is 1. The van der Waals surface area contributed by atoms with Crippen molar-refractivity contribution < 1.29 is 9.66 Å². The molecular weight excluding hydrogens is 284 g/mol. The van der Waals surface area contributed by atoms with E-state index in [1.165, 1.54) is 17.8 Å². The lowest BCUT2D eigenvalue weighted by atomic mass is 10.3. The predicted molar refractivity (Wildman–Crippen MR) is 75.2 cm³/mol. The molecule has 0 aliphatic rings. The highest BCUT2D eigenvalue weighted by Crippen LogP contribution is 2.36. The van der Waals surface area contributed by atoms with Crippen molar-refractivity contribution in [3.8, 4) is 5.75 Å². The largest absolute Gasteiger partial charge is 0.487 e. The number of hydrogen-bond acceptors (Lipinski definition) is 6. The Morgan fingerprint density at radius 3 is 2.89 bits per heavy atom. The van der Waals surface area contributed by atoms with E-state index in [1.54, 1.807) is 30.4 Å². The molecule has 2 rings (SSSR count). The van der Waals surface area contributed by atoms with Crippen LogP contribution in [0.5, 0.6) is 5.75 Å². The Kier molecular flexibility index (Phi) is 4.39. The predicted octanol–water partition coefficient (Wildman–Crippen LogP) is 3.91. The molecule has 0 saturated heterocycles. The summed E-state index contributed by atoms with van der Waals surface area (Å²) in [6.07, 6.45) is 0. The molecule has 0 aliphatic carbocycles. The first-order chi connectivity index (χ1) is 9.10. The third kappa shape index (κ3) is 3.45. The average Bonchev–Trinajstić information content (AvgIpc) is 2.75. The number of aromatic nitrogens is 1. The van der Waals surface area contributed by atoms with Crippen LogP contribution in [0.2, 0.25) is 0 Å². The number of nitro benzene ring substituents is 1. The molecule has 1 aromatic heterocycles. The average molecular weight is 296 g/mol. The molecule has 0 radical (unpaired) electrons. The first-order valence-electron chi connectivity index (χ1n) is 5.61. The summed E-state index contributed by atoms with van der Waals surface area (Å²) in [6.45, 7) is 4.13. The van der Waals surface area contributed by atoms with Gasteiger partial charge >= 0.3 is 5.69 Å². The summed E-state index contributed by atoms with van der Waals surface area (Å²) in [7, 11) is 0. The second-order valence-electron chi connectivity index (χ2n) is 3.68. The fourth-order valence-electron chi connectivity index (χ4n) is 1.46. The molecule has 0 fully saturated rings. The lowest BCUT2D eigenvalue weighted by molar-refractivity contribution is -0.385. The van der Waals surface area contributed by atoms with E-state index in [-0.39, 0.29) is 5.69 Å². The van der Waals surface area contributed by atoms with Crippen LogP contribution in [0, 0.1) is 17.0 Å². The molecule has 0 saturated carbocycles.